The van der Waals surface area contributed by atoms with Crippen LogP contribution in [0.3, 0.4) is 0 Å². The molecular weight excluding hydrogens is 299 g/mol. The molecule has 1 amide bonds. The highest BCUT2D eigenvalue weighted by molar-refractivity contribution is 6.04. The molecule has 0 unspecified atom stereocenters. The summed E-state index contributed by atoms with van der Waals surface area (Å²) in [6.45, 7) is 7.99. The number of esters is 1. The lowest BCUT2D eigenvalue weighted by atomic mass is 10.0. The first kappa shape index (κ1) is 18.0. The number of hydrogen-bond donors (Lipinski definition) is 1. The van der Waals surface area contributed by atoms with Crippen LogP contribution in [0, 0.1) is 13.8 Å². The second-order valence-corrected chi connectivity index (χ2v) is 5.90. The fraction of sp³-hybridized carbons (Fsp3) is 0.467. The van der Waals surface area contributed by atoms with Crippen LogP contribution >= 0.6 is 0 Å². The maximum atomic E-state index is 12.4. The van der Waals surface area contributed by atoms with Gasteiger partial charge in [-0.15, -0.1) is 0 Å². The third-order valence-corrected chi connectivity index (χ3v) is 2.72. The number of benzene rings is 1. The summed E-state index contributed by atoms with van der Waals surface area (Å²) in [5.74, 6) is -2.92. The van der Waals surface area contributed by atoms with Crippen LogP contribution in [0.4, 0.5) is 18.9 Å². The highest BCUT2D eigenvalue weighted by Crippen LogP contribution is 2.28. The summed E-state index contributed by atoms with van der Waals surface area (Å²) < 4.78 is 42.5. The summed E-state index contributed by atoms with van der Waals surface area (Å²) in [5, 5.41) is 1.76. The van der Waals surface area contributed by atoms with Gasteiger partial charge in [0.15, 0.2) is 0 Å². The molecular formula is C15H18F3NO3. The summed E-state index contributed by atoms with van der Waals surface area (Å²) in [6.07, 6.45) is -5.04. The molecule has 1 aromatic rings. The van der Waals surface area contributed by atoms with Crippen molar-refractivity contribution in [2.24, 2.45) is 0 Å². The minimum Gasteiger partial charge on any atom is -0.456 e. The zero-order valence-corrected chi connectivity index (χ0v) is 13.0. The number of carbonyl (C=O) groups is 2. The second kappa shape index (κ2) is 5.98. The molecule has 0 bridgehead atoms. The SMILES string of the molecule is Cc1ccc(C)c(C(=O)OC(C)(C)C)c1NC(=O)C(F)(F)F. The van der Waals surface area contributed by atoms with E-state index in [0.717, 1.165) is 0 Å². The van der Waals surface area contributed by atoms with E-state index >= 15 is 0 Å². The normalized spacial score (nSPS) is 12.0. The van der Waals surface area contributed by atoms with Crippen LogP contribution in [0.2, 0.25) is 0 Å². The average molecular weight is 317 g/mol. The number of anilines is 1. The lowest BCUT2D eigenvalue weighted by Crippen LogP contribution is -2.32. The van der Waals surface area contributed by atoms with Gasteiger partial charge >= 0.3 is 18.1 Å². The first-order chi connectivity index (χ1) is 9.83. The van der Waals surface area contributed by atoms with E-state index in [1.807, 2.05) is 0 Å². The van der Waals surface area contributed by atoms with Gasteiger partial charge in [-0.1, -0.05) is 12.1 Å². The Morgan fingerprint density at radius 3 is 2.00 bits per heavy atom. The molecule has 0 atom stereocenters. The maximum Gasteiger partial charge on any atom is 0.471 e. The van der Waals surface area contributed by atoms with E-state index in [4.69, 9.17) is 4.74 Å². The lowest BCUT2D eigenvalue weighted by molar-refractivity contribution is -0.167. The molecule has 0 heterocycles. The van der Waals surface area contributed by atoms with E-state index in [2.05, 4.69) is 0 Å². The zero-order valence-electron chi connectivity index (χ0n) is 13.0. The van der Waals surface area contributed by atoms with Crippen LogP contribution in [0.1, 0.15) is 42.3 Å². The van der Waals surface area contributed by atoms with Gasteiger partial charge in [-0.2, -0.15) is 13.2 Å². The molecule has 1 rings (SSSR count). The third kappa shape index (κ3) is 4.47. The number of aryl methyl sites for hydroxylation is 2. The van der Waals surface area contributed by atoms with Crippen LogP contribution in [-0.4, -0.2) is 23.7 Å². The van der Waals surface area contributed by atoms with Crippen molar-refractivity contribution in [1.82, 2.24) is 0 Å². The molecule has 0 aliphatic carbocycles. The molecule has 0 saturated heterocycles. The second-order valence-electron chi connectivity index (χ2n) is 5.90. The van der Waals surface area contributed by atoms with Crippen molar-refractivity contribution >= 4 is 17.6 Å². The van der Waals surface area contributed by atoms with Crippen LogP contribution in [0.15, 0.2) is 12.1 Å². The Kier molecular flexibility index (Phi) is 4.89. The number of rotatable bonds is 2. The molecule has 4 nitrogen and oxygen atoms in total. The Balaban J connectivity index is 3.30. The molecule has 1 aromatic carbocycles. The van der Waals surface area contributed by atoms with E-state index < -0.39 is 23.7 Å². The largest absolute Gasteiger partial charge is 0.471 e. The van der Waals surface area contributed by atoms with Gasteiger partial charge in [0.25, 0.3) is 0 Å². The molecule has 0 aromatic heterocycles. The molecule has 0 radical (unpaired) electrons. The van der Waals surface area contributed by atoms with Crippen molar-refractivity contribution in [2.45, 2.75) is 46.4 Å². The molecule has 7 heteroatoms. The van der Waals surface area contributed by atoms with Gasteiger partial charge in [-0.3, -0.25) is 4.79 Å². The van der Waals surface area contributed by atoms with E-state index in [0.29, 0.717) is 11.1 Å². The number of hydrogen-bond acceptors (Lipinski definition) is 3. The summed E-state index contributed by atoms with van der Waals surface area (Å²) in [4.78, 5) is 23.4. The van der Waals surface area contributed by atoms with Gasteiger partial charge in [0, 0.05) is 0 Å². The van der Waals surface area contributed by atoms with Gasteiger partial charge in [0.1, 0.15) is 5.60 Å². The van der Waals surface area contributed by atoms with E-state index in [-0.39, 0.29) is 11.3 Å². The minimum absolute atomic E-state index is 0.0764. The summed E-state index contributed by atoms with van der Waals surface area (Å²) in [5.41, 5.74) is -0.316. The van der Waals surface area contributed by atoms with Gasteiger partial charge in [-0.25, -0.2) is 4.79 Å². The molecule has 22 heavy (non-hydrogen) atoms. The zero-order chi connectivity index (χ0) is 17.3. The predicted molar refractivity (Wildman–Crippen MR) is 75.8 cm³/mol. The predicted octanol–water partition coefficient (Wildman–Crippen LogP) is 3.76. The standard InChI is InChI=1S/C15H18F3NO3/c1-8-6-7-9(2)11(19-13(21)15(16,17)18)10(8)12(20)22-14(3,4)5/h6-7H,1-5H3,(H,19,21). The van der Waals surface area contributed by atoms with Crippen molar-refractivity contribution in [2.75, 3.05) is 5.32 Å². The topological polar surface area (TPSA) is 55.4 Å². The quantitative estimate of drug-likeness (QED) is 0.845. The Labute approximate surface area is 126 Å². The van der Waals surface area contributed by atoms with E-state index in [1.54, 1.807) is 39.1 Å². The Bertz CT molecular complexity index is 601. The van der Waals surface area contributed by atoms with Gasteiger partial charge in [-0.05, 0) is 45.7 Å². The maximum absolute atomic E-state index is 12.4. The molecule has 122 valence electrons. The molecule has 0 spiro atoms. The van der Waals surface area contributed by atoms with Crippen molar-refractivity contribution < 1.29 is 27.5 Å². The summed E-state index contributed by atoms with van der Waals surface area (Å²) in [6, 6.07) is 3.10. The smallest absolute Gasteiger partial charge is 0.456 e. The van der Waals surface area contributed by atoms with Crippen LogP contribution in [-0.2, 0) is 9.53 Å². The van der Waals surface area contributed by atoms with Crippen LogP contribution in [0.5, 0.6) is 0 Å². The summed E-state index contributed by atoms with van der Waals surface area (Å²) in [7, 11) is 0. The first-order valence-corrected chi connectivity index (χ1v) is 6.54. The molecule has 0 aliphatic rings. The molecule has 0 saturated carbocycles. The van der Waals surface area contributed by atoms with Crippen molar-refractivity contribution in [3.63, 3.8) is 0 Å². The summed E-state index contributed by atoms with van der Waals surface area (Å²) >= 11 is 0. The number of ether oxygens (including phenoxy) is 1. The first-order valence-electron chi connectivity index (χ1n) is 6.54. The monoisotopic (exact) mass is 317 g/mol. The van der Waals surface area contributed by atoms with Gasteiger partial charge < -0.3 is 10.1 Å². The highest BCUT2D eigenvalue weighted by atomic mass is 19.4. The number of carbonyl (C=O) groups excluding carboxylic acids is 2. The van der Waals surface area contributed by atoms with Crippen LogP contribution < -0.4 is 5.32 Å². The van der Waals surface area contributed by atoms with Gasteiger partial charge in [0.2, 0.25) is 0 Å². The number of nitrogens with one attached hydrogen (secondary N) is 1. The van der Waals surface area contributed by atoms with E-state index in [9.17, 15) is 22.8 Å². The molecule has 0 fully saturated rings. The highest BCUT2D eigenvalue weighted by Gasteiger charge is 2.39. The fourth-order valence-electron chi connectivity index (χ4n) is 1.75. The Hall–Kier alpha value is -2.05. The van der Waals surface area contributed by atoms with Crippen molar-refractivity contribution in [1.29, 1.82) is 0 Å². The Morgan fingerprint density at radius 2 is 1.55 bits per heavy atom. The lowest BCUT2D eigenvalue weighted by Gasteiger charge is -2.22. The number of amides is 1. The van der Waals surface area contributed by atoms with Crippen molar-refractivity contribution in [3.05, 3.63) is 28.8 Å². The van der Waals surface area contributed by atoms with E-state index in [1.165, 1.54) is 13.0 Å². The molecule has 1 N–H and O–H groups in total. The fourth-order valence-corrected chi connectivity index (χ4v) is 1.75. The van der Waals surface area contributed by atoms with Crippen molar-refractivity contribution in [3.8, 4) is 0 Å². The number of alkyl halides is 3. The van der Waals surface area contributed by atoms with Crippen LogP contribution in [0.25, 0.3) is 0 Å². The third-order valence-electron chi connectivity index (χ3n) is 2.72. The minimum atomic E-state index is -5.04. The Morgan fingerprint density at radius 1 is 1.05 bits per heavy atom. The number of halogens is 3. The average Bonchev–Trinajstić information content (AvgIpc) is 2.30. The molecule has 0 aliphatic heterocycles. The van der Waals surface area contributed by atoms with Gasteiger partial charge in [0.05, 0.1) is 11.3 Å².